The van der Waals surface area contributed by atoms with Gasteiger partial charge in [0.15, 0.2) is 0 Å². The number of benzene rings is 4. The van der Waals surface area contributed by atoms with Gasteiger partial charge in [0.2, 0.25) is 22.0 Å². The van der Waals surface area contributed by atoms with Gasteiger partial charge < -0.3 is 38.1 Å². The third-order valence-electron chi connectivity index (χ3n) is 13.5. The van der Waals surface area contributed by atoms with Gasteiger partial charge in [0.1, 0.15) is 0 Å². The van der Waals surface area contributed by atoms with Crippen molar-refractivity contribution < 1.29 is 55.1 Å². The summed E-state index contributed by atoms with van der Waals surface area (Å²) in [5, 5.41) is 19.4. The summed E-state index contributed by atoms with van der Waals surface area (Å²) in [7, 11) is 2.82. The number of hydroxylamine groups is 4. The number of nitriles is 2. The van der Waals surface area contributed by atoms with Gasteiger partial charge >= 0.3 is 24.3 Å². The smallest absolute Gasteiger partial charge is 0.416 e. The lowest BCUT2D eigenvalue weighted by Crippen LogP contribution is -2.45. The molecular formula is C62H54F6N12O6S2. The predicted molar refractivity (Wildman–Crippen MR) is 318 cm³/mol. The average Bonchev–Trinajstić information content (AvgIpc) is 3.63. The number of thiocarbonyl (C=S) groups is 2. The summed E-state index contributed by atoms with van der Waals surface area (Å²) in [4.78, 5) is 59.8. The fraction of sp³-hybridized carbons (Fsp3) is 0.226. The third-order valence-corrected chi connectivity index (χ3v) is 14.3. The van der Waals surface area contributed by atoms with Gasteiger partial charge in [-0.3, -0.25) is 0 Å². The molecule has 0 spiro atoms. The minimum absolute atomic E-state index is 0.0768. The van der Waals surface area contributed by atoms with Gasteiger partial charge in [-0.1, -0.05) is 60.7 Å². The fourth-order valence-electron chi connectivity index (χ4n) is 9.11. The number of pyridine rings is 2. The molecule has 0 bridgehead atoms. The van der Waals surface area contributed by atoms with Crippen molar-refractivity contribution in [2.45, 2.75) is 64.2 Å². The van der Waals surface area contributed by atoms with Crippen LogP contribution in [0.25, 0.3) is 0 Å². The van der Waals surface area contributed by atoms with E-state index in [0.29, 0.717) is 73.4 Å². The summed E-state index contributed by atoms with van der Waals surface area (Å²) in [5.74, 6) is -2.20. The molecule has 0 atom stereocenters. The van der Waals surface area contributed by atoms with Crippen LogP contribution in [0.4, 0.5) is 37.7 Å². The van der Waals surface area contributed by atoms with Gasteiger partial charge in [-0.25, -0.2) is 29.5 Å². The van der Waals surface area contributed by atoms with Crippen LogP contribution >= 0.6 is 24.4 Å². The number of anilines is 2. The Morgan fingerprint density at radius 2 is 0.943 bits per heavy atom. The minimum Gasteiger partial charge on any atom is -0.481 e. The molecular weight excluding hydrogens is 1190 g/mol. The molecule has 0 aliphatic rings. The largest absolute Gasteiger partial charge is 0.481 e. The highest BCUT2D eigenvalue weighted by atomic mass is 32.1. The van der Waals surface area contributed by atoms with Crippen molar-refractivity contribution in [2.24, 2.45) is 0 Å². The normalized spacial score (nSPS) is 11.3. The highest BCUT2D eigenvalue weighted by Gasteiger charge is 2.36. The molecule has 4 aromatic carbocycles. The minimum atomic E-state index is -4.86. The molecule has 0 unspecified atom stereocenters. The van der Waals surface area contributed by atoms with Crippen molar-refractivity contribution in [1.29, 1.82) is 10.5 Å². The number of carbonyl (C=O) groups is 2. The maximum absolute atomic E-state index is 14.6. The lowest BCUT2D eigenvalue weighted by Gasteiger charge is -2.32. The molecule has 0 amide bonds. The van der Waals surface area contributed by atoms with Crippen molar-refractivity contribution in [3.63, 3.8) is 0 Å². The van der Waals surface area contributed by atoms with Gasteiger partial charge in [-0.2, -0.15) is 47.0 Å². The first-order valence-corrected chi connectivity index (χ1v) is 27.7. The van der Waals surface area contributed by atoms with Crippen LogP contribution in [0, 0.1) is 22.7 Å². The molecule has 26 heteroatoms. The van der Waals surface area contributed by atoms with E-state index in [-0.39, 0.29) is 46.2 Å². The number of aromatic nitrogens is 6. The molecule has 0 N–H and O–H groups in total. The molecule has 0 fully saturated rings. The maximum Gasteiger partial charge on any atom is 0.416 e. The first-order chi connectivity index (χ1) is 42.3. The van der Waals surface area contributed by atoms with Gasteiger partial charge in [-0.15, -0.1) is 0 Å². The lowest BCUT2D eigenvalue weighted by atomic mass is 10.1. The summed E-state index contributed by atoms with van der Waals surface area (Å²) in [5.41, 5.74) is 2.31. The molecule has 8 rings (SSSR count). The van der Waals surface area contributed by atoms with Crippen LogP contribution in [-0.2, 0) is 70.6 Å². The number of carbonyl (C=O) groups excluding carboxylic acids is 2. The van der Waals surface area contributed by atoms with Crippen LogP contribution in [0.15, 0.2) is 171 Å². The lowest BCUT2D eigenvalue weighted by molar-refractivity contribution is -0.171. The number of hydrogen-bond acceptors (Lipinski definition) is 14. The molecule has 0 aliphatic heterocycles. The summed E-state index contributed by atoms with van der Waals surface area (Å²) in [6.45, 7) is -0.492. The monoisotopic (exact) mass is 1240 g/mol. The Bertz CT molecular complexity index is 3570. The first kappa shape index (κ1) is 63.8. The number of methoxy groups -OCH3 is 2. The van der Waals surface area contributed by atoms with Crippen LogP contribution in [0.2, 0.25) is 0 Å². The zero-order valence-electron chi connectivity index (χ0n) is 47.1. The summed E-state index contributed by atoms with van der Waals surface area (Å²) in [6, 6.07) is 33.8. The highest BCUT2D eigenvalue weighted by molar-refractivity contribution is 7.80. The Morgan fingerprint density at radius 3 is 1.28 bits per heavy atom. The standard InChI is InChI=1S/C62H54F6N12O6S2/c1-83-55-25-23-51(35-73-55)77(29-7-11-49-33-71-41-75(49)37-45-19-15-43(31-69)16-20-45)59(87)79(39-47-9-3-5-13-53(47)61(63,64)65)85-57(81)27-28-58(82)86-80(40-48-10-4-6-14-54(48)62(66,67)68)60(88)78(52-24-26-56(84-2)74-36-52)30-8-12-50-34-72-42-76(50)38-46-21-17-44(32-70)18-22-46/h3-6,9-10,13-28,33-36,41-42H,7-8,11-12,29-30,37-40H2,1-2H3/b28-27-. The summed E-state index contributed by atoms with van der Waals surface area (Å²) >= 11 is 12.0. The number of ether oxygens (including phenoxy) is 2. The molecule has 0 radical (unpaired) electrons. The number of nitrogens with zero attached hydrogens (tertiary/aromatic N) is 12. The second-order valence-electron chi connectivity index (χ2n) is 19.4. The van der Waals surface area contributed by atoms with Gasteiger partial charge in [0.25, 0.3) is 0 Å². The Balaban J connectivity index is 1.06. The molecule has 18 nitrogen and oxygen atoms in total. The fourth-order valence-corrected chi connectivity index (χ4v) is 9.71. The van der Waals surface area contributed by atoms with E-state index in [4.69, 9.17) is 43.6 Å². The van der Waals surface area contributed by atoms with E-state index in [2.05, 4.69) is 32.1 Å². The molecule has 4 heterocycles. The molecule has 8 aromatic rings. The van der Waals surface area contributed by atoms with E-state index >= 15 is 0 Å². The summed E-state index contributed by atoms with van der Waals surface area (Å²) < 4.78 is 102. The van der Waals surface area contributed by atoms with Crippen LogP contribution in [-0.4, -0.2) is 88.7 Å². The maximum atomic E-state index is 14.6. The Morgan fingerprint density at radius 1 is 0.557 bits per heavy atom. The number of imidazole rings is 2. The molecule has 0 aliphatic carbocycles. The highest BCUT2D eigenvalue weighted by Crippen LogP contribution is 2.35. The Labute approximate surface area is 512 Å². The second-order valence-corrected chi connectivity index (χ2v) is 20.1. The Kier molecular flexibility index (Phi) is 21.6. The number of aryl methyl sites for hydroxylation is 2. The molecule has 88 heavy (non-hydrogen) atoms. The molecule has 452 valence electrons. The van der Waals surface area contributed by atoms with Crippen molar-refractivity contribution in [2.75, 3.05) is 37.1 Å². The second kappa shape index (κ2) is 29.8. The summed E-state index contributed by atoms with van der Waals surface area (Å²) in [6.07, 6.45) is 2.52. The number of hydrogen-bond donors (Lipinski definition) is 0. The van der Waals surface area contributed by atoms with Gasteiger partial charge in [0, 0.05) is 74.2 Å². The van der Waals surface area contributed by atoms with Crippen molar-refractivity contribution in [1.82, 2.24) is 39.2 Å². The molecule has 0 saturated heterocycles. The zero-order chi connectivity index (χ0) is 62.8. The third kappa shape index (κ3) is 17.3. The quantitative estimate of drug-likeness (QED) is 0.0269. The predicted octanol–water partition coefficient (Wildman–Crippen LogP) is 11.4. The number of rotatable bonds is 22. The van der Waals surface area contributed by atoms with E-state index in [0.717, 1.165) is 44.8 Å². The van der Waals surface area contributed by atoms with Crippen LogP contribution < -0.4 is 19.3 Å². The van der Waals surface area contributed by atoms with Gasteiger partial charge in [0.05, 0.1) is 98.1 Å². The van der Waals surface area contributed by atoms with E-state index in [1.165, 1.54) is 84.9 Å². The number of halogens is 6. The first-order valence-electron chi connectivity index (χ1n) is 26.9. The van der Waals surface area contributed by atoms with E-state index in [1.54, 1.807) is 61.4 Å². The average molecular weight is 1240 g/mol. The van der Waals surface area contributed by atoms with Crippen LogP contribution in [0.3, 0.4) is 0 Å². The van der Waals surface area contributed by atoms with Crippen LogP contribution in [0.1, 0.15) is 68.7 Å². The van der Waals surface area contributed by atoms with Crippen molar-refractivity contribution in [3.8, 4) is 23.9 Å². The Hall–Kier alpha value is -10.2. The van der Waals surface area contributed by atoms with Gasteiger partial charge in [-0.05, 0) is 121 Å². The topological polar surface area (TPSA) is 193 Å². The zero-order valence-corrected chi connectivity index (χ0v) is 48.8. The van der Waals surface area contributed by atoms with Crippen molar-refractivity contribution >= 4 is 58.0 Å². The molecule has 4 aromatic heterocycles. The van der Waals surface area contributed by atoms with Crippen molar-refractivity contribution in [3.05, 3.63) is 227 Å². The van der Waals surface area contributed by atoms with E-state index < -0.39 is 48.5 Å². The molecule has 0 saturated carbocycles. The SMILES string of the molecule is COc1ccc(N(CCCc2cncn2Cc2ccc(C#N)cc2)C(=S)N(Cc2ccccc2C(F)(F)F)OC(=O)/C=C\C(=O)ON(Cc2ccccc2C(F)(F)F)C(=S)N(CCCc2cncn2Cc2ccc(C#N)cc2)c2ccc(OC)nc2)cn1. The van der Waals surface area contributed by atoms with E-state index in [1.807, 2.05) is 33.4 Å². The van der Waals surface area contributed by atoms with Crippen LogP contribution in [0.5, 0.6) is 11.8 Å². The number of alkyl halides is 6. The van der Waals surface area contributed by atoms with E-state index in [9.17, 15) is 46.5 Å².